The van der Waals surface area contributed by atoms with Crippen molar-refractivity contribution < 1.29 is 38.3 Å². The average Bonchev–Trinajstić information content (AvgIpc) is 3.59. The number of phenolic OH excluding ortho intramolecular Hbond substituents is 1. The maximum absolute atomic E-state index is 14.0. The van der Waals surface area contributed by atoms with Crippen LogP contribution in [0.15, 0.2) is 11.6 Å². The van der Waals surface area contributed by atoms with Gasteiger partial charge in [-0.1, -0.05) is 18.6 Å². The van der Waals surface area contributed by atoms with Crippen LogP contribution < -0.4 is 15.5 Å². The van der Waals surface area contributed by atoms with Crippen LogP contribution in [0.25, 0.3) is 0 Å². The minimum Gasteiger partial charge on any atom is -0.507 e. The third kappa shape index (κ3) is 7.77. The van der Waals surface area contributed by atoms with E-state index >= 15 is 0 Å². The van der Waals surface area contributed by atoms with Crippen molar-refractivity contribution in [3.05, 3.63) is 39.5 Å². The molecule has 0 aromatic heterocycles. The van der Waals surface area contributed by atoms with Gasteiger partial charge in [0.15, 0.2) is 0 Å². The maximum atomic E-state index is 14.0. The Labute approximate surface area is 242 Å². The fourth-order valence-corrected chi connectivity index (χ4v) is 7.61. The van der Waals surface area contributed by atoms with E-state index in [2.05, 4.69) is 15.5 Å². The van der Waals surface area contributed by atoms with Gasteiger partial charge in [-0.05, 0) is 71.4 Å². The largest absolute Gasteiger partial charge is 0.507 e. The van der Waals surface area contributed by atoms with E-state index in [-0.39, 0.29) is 37.3 Å². The second kappa shape index (κ2) is 14.0. The number of phenols is 1. The smallest absolute Gasteiger partial charge is 0.342 e. The molecule has 0 bridgehead atoms. The Kier molecular flexibility index (Phi) is 11.2. The third-order valence-electron chi connectivity index (χ3n) is 7.51. The summed E-state index contributed by atoms with van der Waals surface area (Å²) in [6, 6.07) is -0.832. The number of hydrogen-bond donors (Lipinski definition) is 4. The van der Waals surface area contributed by atoms with E-state index < -0.39 is 36.9 Å². The van der Waals surface area contributed by atoms with E-state index in [4.69, 9.17) is 14.2 Å². The molecule has 0 saturated heterocycles. The van der Waals surface area contributed by atoms with Gasteiger partial charge in [0, 0.05) is 30.4 Å². The van der Waals surface area contributed by atoms with Crippen molar-refractivity contribution in [2.24, 2.45) is 0 Å². The minimum atomic E-state index is -3.41. The number of aromatic hydroxyl groups is 1. The number of carbonyl (C=O) groups is 3. The highest BCUT2D eigenvalue weighted by Crippen LogP contribution is 2.48. The molecule has 0 radical (unpaired) electrons. The van der Waals surface area contributed by atoms with E-state index in [0.29, 0.717) is 38.8 Å². The van der Waals surface area contributed by atoms with Gasteiger partial charge in [-0.25, -0.2) is 15.0 Å². The number of rotatable bonds is 16. The van der Waals surface area contributed by atoms with E-state index in [1.54, 1.807) is 20.8 Å². The van der Waals surface area contributed by atoms with Crippen molar-refractivity contribution in [3.63, 3.8) is 0 Å². The first-order valence-electron chi connectivity index (χ1n) is 14.3. The van der Waals surface area contributed by atoms with E-state index in [0.717, 1.165) is 27.8 Å². The molecule has 1 saturated carbocycles. The average molecular weight is 594 g/mol. The molecule has 41 heavy (non-hydrogen) atoms. The molecule has 1 heterocycles. The normalized spacial score (nSPS) is 17.8. The summed E-state index contributed by atoms with van der Waals surface area (Å²) in [6.07, 6.45) is 4.31. The third-order valence-corrected chi connectivity index (χ3v) is 9.96. The van der Waals surface area contributed by atoms with Crippen molar-refractivity contribution in [2.75, 3.05) is 32.5 Å². The summed E-state index contributed by atoms with van der Waals surface area (Å²) in [6.45, 7) is 12.4. The van der Waals surface area contributed by atoms with Gasteiger partial charge >= 0.3 is 17.9 Å². The van der Waals surface area contributed by atoms with Gasteiger partial charge in [0.25, 0.3) is 0 Å². The number of hydrogen-bond acceptors (Lipinski definition) is 9. The molecule has 0 amide bonds. The molecule has 1 aliphatic carbocycles. The maximum Gasteiger partial charge on any atom is 0.342 e. The number of nitrogens with one attached hydrogen (secondary N) is 3. The van der Waals surface area contributed by atoms with Crippen LogP contribution in [0.1, 0.15) is 80.1 Å². The quantitative estimate of drug-likeness (QED) is 0.0733. The molecule has 11 nitrogen and oxygen atoms in total. The summed E-state index contributed by atoms with van der Waals surface area (Å²) in [5, 5.41) is 20.1. The first-order valence-corrected chi connectivity index (χ1v) is 16.2. The van der Waals surface area contributed by atoms with Crippen LogP contribution in [0.4, 0.5) is 0 Å². The van der Waals surface area contributed by atoms with Crippen molar-refractivity contribution in [3.8, 4) is 5.75 Å². The lowest BCUT2D eigenvalue weighted by Crippen LogP contribution is -2.46. The van der Waals surface area contributed by atoms with Crippen molar-refractivity contribution >= 4 is 25.4 Å². The molecule has 1 aliphatic heterocycles. The molecule has 3 rings (SSSR count). The predicted molar refractivity (Wildman–Crippen MR) is 155 cm³/mol. The topological polar surface area (TPSA) is 152 Å². The highest BCUT2D eigenvalue weighted by Gasteiger charge is 2.55. The van der Waals surface area contributed by atoms with Crippen LogP contribution in [0.5, 0.6) is 5.75 Å². The molecule has 12 heteroatoms. The number of ether oxygens (including phenoxy) is 3. The molecule has 4 N–H and O–H groups in total. The van der Waals surface area contributed by atoms with Gasteiger partial charge < -0.3 is 24.6 Å². The molecule has 2 atom stereocenters. The Morgan fingerprint density at radius 2 is 1.85 bits per heavy atom. The Balaban J connectivity index is 1.65. The van der Waals surface area contributed by atoms with Crippen LogP contribution in [0.2, 0.25) is 0 Å². The fourth-order valence-electron chi connectivity index (χ4n) is 5.10. The number of benzene rings is 1. The SMILES string of the molecule is CCOC(=O)[C@H](C)NP(=O)(CCNC/C(C)=C/Cc1c(O)c2c(c(C)c1CC)COC2=O)NC1(C(=O)OCC)CC1. The molecule has 1 aromatic rings. The second-order valence-electron chi connectivity index (χ2n) is 10.6. The first-order chi connectivity index (χ1) is 19.4. The monoisotopic (exact) mass is 593 g/mol. The Morgan fingerprint density at radius 1 is 1.17 bits per heavy atom. The van der Waals surface area contributed by atoms with Crippen LogP contribution in [-0.2, 0) is 47.8 Å². The Bertz CT molecular complexity index is 1240. The molecule has 2 aliphatic rings. The van der Waals surface area contributed by atoms with Gasteiger partial charge in [-0.3, -0.25) is 14.2 Å². The Morgan fingerprint density at radius 3 is 2.46 bits per heavy atom. The number of esters is 3. The molecular weight excluding hydrogens is 549 g/mol. The molecule has 1 unspecified atom stereocenters. The number of carbonyl (C=O) groups excluding carboxylic acids is 3. The van der Waals surface area contributed by atoms with Crippen molar-refractivity contribution in [1.82, 2.24) is 15.5 Å². The molecule has 228 valence electrons. The highest BCUT2D eigenvalue weighted by molar-refractivity contribution is 7.60. The lowest BCUT2D eigenvalue weighted by molar-refractivity contribution is -0.146. The van der Waals surface area contributed by atoms with E-state index in [1.165, 1.54) is 0 Å². The minimum absolute atomic E-state index is 0.00799. The summed E-state index contributed by atoms with van der Waals surface area (Å²) in [4.78, 5) is 36.9. The van der Waals surface area contributed by atoms with Crippen LogP contribution >= 0.6 is 7.44 Å². The van der Waals surface area contributed by atoms with Crippen LogP contribution in [0.3, 0.4) is 0 Å². The van der Waals surface area contributed by atoms with Crippen molar-refractivity contribution in [2.45, 2.75) is 85.4 Å². The summed E-state index contributed by atoms with van der Waals surface area (Å²) in [5.74, 6) is -1.47. The molecular formula is C29H44N3O8P. The molecule has 1 fully saturated rings. The summed E-state index contributed by atoms with van der Waals surface area (Å²) >= 11 is 0. The molecule has 1 aromatic carbocycles. The summed E-state index contributed by atoms with van der Waals surface area (Å²) in [5.41, 5.74) is 3.73. The van der Waals surface area contributed by atoms with Gasteiger partial charge in [-0.2, -0.15) is 0 Å². The first kappa shape index (κ1) is 32.8. The number of allylic oxidation sites excluding steroid dienone is 1. The van der Waals surface area contributed by atoms with Gasteiger partial charge in [-0.15, -0.1) is 0 Å². The zero-order valence-electron chi connectivity index (χ0n) is 25.0. The van der Waals surface area contributed by atoms with Crippen LogP contribution in [0, 0.1) is 6.92 Å². The zero-order valence-corrected chi connectivity index (χ0v) is 25.9. The number of cyclic esters (lactones) is 1. The van der Waals surface area contributed by atoms with Gasteiger partial charge in [0.05, 0.1) is 13.2 Å². The van der Waals surface area contributed by atoms with E-state index in [1.807, 2.05) is 26.8 Å². The van der Waals surface area contributed by atoms with Crippen molar-refractivity contribution in [1.29, 1.82) is 0 Å². The second-order valence-corrected chi connectivity index (χ2v) is 13.0. The Hall–Kier alpha value is -2.72. The van der Waals surface area contributed by atoms with E-state index in [9.17, 15) is 24.1 Å². The molecule has 0 spiro atoms. The standard InChI is InChI=1S/C29H44N3O8P/c1-7-21-19(5)23-17-40-27(35)24(23)25(33)22(21)11-10-18(4)16-30-14-15-41(37,31-20(6)26(34)38-8-2)32-29(12-13-29)28(36)39-9-3/h10,20,30,33H,7-9,11-17H2,1-6H3,(H2,31,32,37)/b18-10+/t20-,41?/m0/s1. The van der Waals surface area contributed by atoms with Gasteiger partial charge in [0.2, 0.25) is 7.44 Å². The predicted octanol–water partition coefficient (Wildman–Crippen LogP) is 3.43. The summed E-state index contributed by atoms with van der Waals surface area (Å²) in [7, 11) is -3.41. The highest BCUT2D eigenvalue weighted by atomic mass is 31.2. The number of fused-ring (bicyclic) bond motifs is 1. The van der Waals surface area contributed by atoms with Gasteiger partial charge in [0.1, 0.15) is 29.5 Å². The summed E-state index contributed by atoms with van der Waals surface area (Å²) < 4.78 is 29.3. The van der Waals surface area contributed by atoms with Crippen LogP contribution in [-0.4, -0.2) is 67.1 Å². The zero-order chi connectivity index (χ0) is 30.4. The lowest BCUT2D eigenvalue weighted by Gasteiger charge is -2.28. The fraction of sp³-hybridized carbons (Fsp3) is 0.621. The lowest BCUT2D eigenvalue weighted by atomic mass is 9.89.